The number of nitrogens with one attached hydrogen (secondary N) is 1. The molecule has 0 aromatic heterocycles. The van der Waals surface area contributed by atoms with Gasteiger partial charge in [-0.05, 0) is 68.5 Å². The van der Waals surface area contributed by atoms with Crippen LogP contribution in [0, 0.1) is 5.92 Å². The van der Waals surface area contributed by atoms with Gasteiger partial charge in [0.25, 0.3) is 0 Å². The maximum atomic E-state index is 13.3. The number of fused-ring (bicyclic) bond motifs is 1. The second-order valence-corrected chi connectivity index (χ2v) is 10.3. The molecule has 8 nitrogen and oxygen atoms in total. The van der Waals surface area contributed by atoms with Crippen molar-refractivity contribution < 1.29 is 19.1 Å². The van der Waals surface area contributed by atoms with Crippen molar-refractivity contribution in [1.82, 2.24) is 4.90 Å². The second kappa shape index (κ2) is 12.7. The molecule has 40 heavy (non-hydrogen) atoms. The molecule has 1 heterocycles. The minimum atomic E-state index is -0.660. The Morgan fingerprint density at radius 2 is 1.65 bits per heavy atom. The number of benzene rings is 3. The van der Waals surface area contributed by atoms with Crippen LogP contribution in [0.2, 0.25) is 0 Å². The van der Waals surface area contributed by atoms with Crippen LogP contribution in [0.15, 0.2) is 77.8 Å². The summed E-state index contributed by atoms with van der Waals surface area (Å²) in [6.07, 6.45) is 0. The van der Waals surface area contributed by atoms with E-state index < -0.39 is 11.9 Å². The van der Waals surface area contributed by atoms with E-state index in [1.54, 1.807) is 30.0 Å². The standard InChI is InChI=1S/C32H36N4O4/c1-6-40-32(39)23-12-17-26-27(20-23)34-30(37)28(26)29(22-10-8-7-9-11-22)33-24-13-15-25(16-14-24)36(19-18-35(4)5)31(38)21(2)3/h7-17,20-21,28H,6,18-19H2,1-5H3,(H,34,37). The lowest BCUT2D eigenvalue weighted by Crippen LogP contribution is -2.39. The predicted octanol–water partition coefficient (Wildman–Crippen LogP) is 5.27. The fraction of sp³-hybridized carbons (Fsp3) is 0.312. The number of nitrogens with zero attached hydrogens (tertiary/aromatic N) is 3. The molecule has 0 fully saturated rings. The third-order valence-electron chi connectivity index (χ3n) is 6.68. The van der Waals surface area contributed by atoms with Gasteiger partial charge in [-0.3, -0.25) is 14.6 Å². The highest BCUT2D eigenvalue weighted by atomic mass is 16.5. The number of carbonyl (C=O) groups excluding carboxylic acids is 3. The van der Waals surface area contributed by atoms with Gasteiger partial charge in [0.2, 0.25) is 11.8 Å². The van der Waals surface area contributed by atoms with Gasteiger partial charge in [0.1, 0.15) is 5.92 Å². The first kappa shape index (κ1) is 28.7. The molecule has 0 saturated heterocycles. The van der Waals surface area contributed by atoms with Gasteiger partial charge >= 0.3 is 5.97 Å². The third kappa shape index (κ3) is 6.46. The molecule has 0 radical (unpaired) electrons. The van der Waals surface area contributed by atoms with Crippen molar-refractivity contribution >= 4 is 40.6 Å². The summed E-state index contributed by atoms with van der Waals surface area (Å²) in [5.41, 5.74) is 4.57. The summed E-state index contributed by atoms with van der Waals surface area (Å²) < 4.78 is 5.12. The molecule has 0 aliphatic carbocycles. The first-order valence-corrected chi connectivity index (χ1v) is 13.5. The second-order valence-electron chi connectivity index (χ2n) is 10.3. The first-order valence-electron chi connectivity index (χ1n) is 13.5. The molecule has 3 aromatic carbocycles. The van der Waals surface area contributed by atoms with Crippen molar-refractivity contribution in [2.45, 2.75) is 26.7 Å². The van der Waals surface area contributed by atoms with Crippen molar-refractivity contribution in [3.63, 3.8) is 0 Å². The largest absolute Gasteiger partial charge is 0.462 e. The molecule has 4 rings (SSSR count). The number of anilines is 2. The SMILES string of the molecule is CCOC(=O)c1ccc2c(c1)NC(=O)C2C(=Nc1ccc(N(CCN(C)C)C(=O)C(C)C)cc1)c1ccccc1. The molecule has 1 N–H and O–H groups in total. The Hall–Kier alpha value is -4.30. The van der Waals surface area contributed by atoms with Gasteiger partial charge in [0, 0.05) is 30.4 Å². The highest BCUT2D eigenvalue weighted by Crippen LogP contribution is 2.37. The molecule has 2 amide bonds. The number of ether oxygens (including phenoxy) is 1. The van der Waals surface area contributed by atoms with Crippen molar-refractivity contribution in [3.8, 4) is 0 Å². The van der Waals surface area contributed by atoms with E-state index in [9.17, 15) is 14.4 Å². The number of amides is 2. The van der Waals surface area contributed by atoms with Crippen LogP contribution in [0.25, 0.3) is 0 Å². The number of esters is 1. The molecule has 3 aromatic rings. The van der Waals surface area contributed by atoms with Gasteiger partial charge < -0.3 is 19.9 Å². The summed E-state index contributed by atoms with van der Waals surface area (Å²) in [6.45, 7) is 7.14. The first-order chi connectivity index (χ1) is 19.2. The highest BCUT2D eigenvalue weighted by Gasteiger charge is 2.36. The Morgan fingerprint density at radius 3 is 2.27 bits per heavy atom. The van der Waals surface area contributed by atoms with Crippen molar-refractivity contribution in [1.29, 1.82) is 0 Å². The number of aliphatic imine (C=N–C) groups is 1. The summed E-state index contributed by atoms with van der Waals surface area (Å²) in [5, 5.41) is 2.92. The monoisotopic (exact) mass is 540 g/mol. The number of hydrogen-bond donors (Lipinski definition) is 1. The van der Waals surface area contributed by atoms with E-state index in [1.165, 1.54) is 0 Å². The van der Waals surface area contributed by atoms with E-state index in [4.69, 9.17) is 9.73 Å². The van der Waals surface area contributed by atoms with Crippen LogP contribution in [-0.2, 0) is 14.3 Å². The number of carbonyl (C=O) groups is 3. The normalized spacial score (nSPS) is 14.7. The van der Waals surface area contributed by atoms with E-state index in [2.05, 4.69) is 5.32 Å². The smallest absolute Gasteiger partial charge is 0.338 e. The number of likely N-dealkylation sites (N-methyl/N-ethyl adjacent to an activating group) is 1. The van der Waals surface area contributed by atoms with Gasteiger partial charge in [-0.2, -0.15) is 0 Å². The fourth-order valence-electron chi connectivity index (χ4n) is 4.60. The average molecular weight is 541 g/mol. The predicted molar refractivity (Wildman–Crippen MR) is 159 cm³/mol. The van der Waals surface area contributed by atoms with Crippen LogP contribution in [0.4, 0.5) is 17.1 Å². The maximum Gasteiger partial charge on any atom is 0.338 e. The van der Waals surface area contributed by atoms with E-state index in [0.717, 1.165) is 23.4 Å². The summed E-state index contributed by atoms with van der Waals surface area (Å²) in [5.74, 6) is -1.38. The zero-order chi connectivity index (χ0) is 28.8. The Bertz CT molecular complexity index is 1400. The molecule has 8 heteroatoms. The lowest BCUT2D eigenvalue weighted by Gasteiger charge is -2.26. The number of rotatable bonds is 10. The van der Waals surface area contributed by atoms with E-state index in [0.29, 0.717) is 29.2 Å². The van der Waals surface area contributed by atoms with Crippen LogP contribution >= 0.6 is 0 Å². The third-order valence-corrected chi connectivity index (χ3v) is 6.68. The molecular formula is C32H36N4O4. The zero-order valence-electron chi connectivity index (χ0n) is 23.7. The van der Waals surface area contributed by atoms with Crippen molar-refractivity contribution in [2.24, 2.45) is 10.9 Å². The quantitative estimate of drug-likeness (QED) is 0.279. The van der Waals surface area contributed by atoms with Gasteiger partial charge in [-0.15, -0.1) is 0 Å². The van der Waals surface area contributed by atoms with Crippen LogP contribution in [0.5, 0.6) is 0 Å². The molecule has 1 unspecified atom stereocenters. The fourth-order valence-corrected chi connectivity index (χ4v) is 4.60. The average Bonchev–Trinajstić information content (AvgIpc) is 3.27. The van der Waals surface area contributed by atoms with Crippen LogP contribution < -0.4 is 10.2 Å². The van der Waals surface area contributed by atoms with Crippen LogP contribution in [0.3, 0.4) is 0 Å². The zero-order valence-corrected chi connectivity index (χ0v) is 23.7. The maximum absolute atomic E-state index is 13.3. The Labute approximate surface area is 235 Å². The van der Waals surface area contributed by atoms with E-state index in [-0.39, 0.29) is 24.3 Å². The molecule has 1 aliphatic heterocycles. The van der Waals surface area contributed by atoms with Crippen molar-refractivity contribution in [3.05, 3.63) is 89.5 Å². The molecule has 0 saturated carbocycles. The summed E-state index contributed by atoms with van der Waals surface area (Å²) in [6, 6.07) is 22.2. The number of hydrogen-bond acceptors (Lipinski definition) is 6. The van der Waals surface area contributed by atoms with Gasteiger partial charge in [0.05, 0.1) is 23.6 Å². The van der Waals surface area contributed by atoms with E-state index >= 15 is 0 Å². The Morgan fingerprint density at radius 1 is 0.950 bits per heavy atom. The lowest BCUT2D eigenvalue weighted by atomic mass is 9.90. The van der Waals surface area contributed by atoms with Gasteiger partial charge in [-0.1, -0.05) is 50.2 Å². The van der Waals surface area contributed by atoms with Crippen molar-refractivity contribution in [2.75, 3.05) is 44.0 Å². The van der Waals surface area contributed by atoms with Gasteiger partial charge in [0.15, 0.2) is 0 Å². The Balaban J connectivity index is 1.71. The molecule has 1 atom stereocenters. The summed E-state index contributed by atoms with van der Waals surface area (Å²) in [4.78, 5) is 47.3. The molecule has 0 bridgehead atoms. The van der Waals surface area contributed by atoms with Gasteiger partial charge in [-0.25, -0.2) is 4.79 Å². The lowest BCUT2D eigenvalue weighted by molar-refractivity contribution is -0.121. The topological polar surface area (TPSA) is 91.3 Å². The molecule has 208 valence electrons. The highest BCUT2D eigenvalue weighted by molar-refractivity contribution is 6.24. The summed E-state index contributed by atoms with van der Waals surface area (Å²) >= 11 is 0. The van der Waals surface area contributed by atoms with Crippen LogP contribution in [0.1, 0.15) is 48.2 Å². The molecular weight excluding hydrogens is 504 g/mol. The summed E-state index contributed by atoms with van der Waals surface area (Å²) in [7, 11) is 3.96. The molecule has 1 aliphatic rings. The van der Waals surface area contributed by atoms with E-state index in [1.807, 2.05) is 87.4 Å². The Kier molecular flexibility index (Phi) is 9.11. The minimum Gasteiger partial charge on any atom is -0.462 e. The molecule has 0 spiro atoms. The minimum absolute atomic E-state index is 0.0597. The van der Waals surface area contributed by atoms with Crippen LogP contribution in [-0.4, -0.2) is 62.2 Å².